The Morgan fingerprint density at radius 1 is 1.18 bits per heavy atom. The maximum Gasteiger partial charge on any atom is 0.272 e. The highest BCUT2D eigenvalue weighted by atomic mass is 127. The van der Waals surface area contributed by atoms with Crippen LogP contribution >= 0.6 is 22.6 Å². The van der Waals surface area contributed by atoms with Gasteiger partial charge in [-0.05, 0) is 64.6 Å². The Morgan fingerprint density at radius 3 is 2.50 bits per heavy atom. The number of hydrogen-bond donors (Lipinski definition) is 2. The molecule has 1 heterocycles. The standard InChI is InChI=1S/C16H14IN3O2/c1-11(21)19-15(9-12-3-2-8-18-10-12)16(22)20-14-6-4-13(17)5-7-14/h2-10H,1H3,(H,19,21)(H,20,22). The van der Waals surface area contributed by atoms with Crippen molar-refractivity contribution in [3.05, 3.63) is 63.6 Å². The third-order valence-corrected chi connectivity index (χ3v) is 3.37. The lowest BCUT2D eigenvalue weighted by atomic mass is 10.2. The van der Waals surface area contributed by atoms with E-state index in [1.54, 1.807) is 42.7 Å². The molecule has 2 rings (SSSR count). The van der Waals surface area contributed by atoms with E-state index >= 15 is 0 Å². The normalized spacial score (nSPS) is 10.9. The summed E-state index contributed by atoms with van der Waals surface area (Å²) < 4.78 is 1.07. The molecule has 0 aliphatic rings. The van der Waals surface area contributed by atoms with Gasteiger partial charge in [0.1, 0.15) is 5.70 Å². The number of rotatable bonds is 4. The van der Waals surface area contributed by atoms with Crippen LogP contribution in [0.5, 0.6) is 0 Å². The first-order valence-electron chi connectivity index (χ1n) is 6.51. The molecule has 0 aliphatic carbocycles. The summed E-state index contributed by atoms with van der Waals surface area (Å²) in [5.74, 6) is -0.701. The fraction of sp³-hybridized carbons (Fsp3) is 0.0625. The van der Waals surface area contributed by atoms with Crippen molar-refractivity contribution < 1.29 is 9.59 Å². The first-order valence-corrected chi connectivity index (χ1v) is 7.59. The zero-order valence-corrected chi connectivity index (χ0v) is 14.0. The topological polar surface area (TPSA) is 71.1 Å². The van der Waals surface area contributed by atoms with Gasteiger partial charge in [0.05, 0.1) is 0 Å². The Morgan fingerprint density at radius 2 is 1.91 bits per heavy atom. The van der Waals surface area contributed by atoms with Gasteiger partial charge >= 0.3 is 0 Å². The Balaban J connectivity index is 2.21. The minimum Gasteiger partial charge on any atom is -0.322 e. The number of amides is 2. The van der Waals surface area contributed by atoms with Crippen molar-refractivity contribution in [3.8, 4) is 0 Å². The lowest BCUT2D eigenvalue weighted by Crippen LogP contribution is -2.28. The summed E-state index contributed by atoms with van der Waals surface area (Å²) >= 11 is 2.19. The molecule has 1 aromatic heterocycles. The number of benzene rings is 1. The quantitative estimate of drug-likeness (QED) is 0.605. The second-order valence-electron chi connectivity index (χ2n) is 4.49. The highest BCUT2D eigenvalue weighted by molar-refractivity contribution is 14.1. The van der Waals surface area contributed by atoms with E-state index in [1.807, 2.05) is 12.1 Å². The number of hydrogen-bond acceptors (Lipinski definition) is 3. The summed E-state index contributed by atoms with van der Waals surface area (Å²) in [6.07, 6.45) is 4.83. The van der Waals surface area contributed by atoms with E-state index in [-0.39, 0.29) is 17.5 Å². The summed E-state index contributed by atoms with van der Waals surface area (Å²) in [6.45, 7) is 1.36. The lowest BCUT2D eigenvalue weighted by molar-refractivity contribution is -0.120. The molecule has 22 heavy (non-hydrogen) atoms. The second-order valence-corrected chi connectivity index (χ2v) is 5.73. The second kappa shape index (κ2) is 7.69. The SMILES string of the molecule is CC(=O)NC(=Cc1cccnc1)C(=O)Nc1ccc(I)cc1. The van der Waals surface area contributed by atoms with Gasteiger partial charge in [0.25, 0.3) is 5.91 Å². The summed E-state index contributed by atoms with van der Waals surface area (Å²) in [6, 6.07) is 10.9. The van der Waals surface area contributed by atoms with Crippen molar-refractivity contribution in [3.63, 3.8) is 0 Å². The monoisotopic (exact) mass is 407 g/mol. The van der Waals surface area contributed by atoms with Crippen LogP contribution in [-0.2, 0) is 9.59 Å². The molecule has 2 aromatic rings. The average Bonchev–Trinajstić information content (AvgIpc) is 2.49. The van der Waals surface area contributed by atoms with E-state index in [9.17, 15) is 9.59 Å². The molecule has 2 amide bonds. The van der Waals surface area contributed by atoms with Crippen LogP contribution in [0.3, 0.4) is 0 Å². The third-order valence-electron chi connectivity index (χ3n) is 2.65. The molecule has 0 spiro atoms. The molecule has 2 N–H and O–H groups in total. The molecular weight excluding hydrogens is 393 g/mol. The first-order chi connectivity index (χ1) is 10.5. The van der Waals surface area contributed by atoms with E-state index < -0.39 is 0 Å². The number of carbonyl (C=O) groups excluding carboxylic acids is 2. The Bertz CT molecular complexity index is 697. The third kappa shape index (κ3) is 4.96. The molecule has 0 bridgehead atoms. The molecule has 0 saturated heterocycles. The van der Waals surface area contributed by atoms with Crippen LogP contribution in [0.2, 0.25) is 0 Å². The van der Waals surface area contributed by atoms with Gasteiger partial charge in [0, 0.05) is 28.6 Å². The first kappa shape index (κ1) is 16.2. The molecule has 1 aromatic carbocycles. The Hall–Kier alpha value is -2.22. The highest BCUT2D eigenvalue weighted by Crippen LogP contribution is 2.12. The lowest BCUT2D eigenvalue weighted by Gasteiger charge is -2.10. The van der Waals surface area contributed by atoms with Gasteiger partial charge in [-0.3, -0.25) is 14.6 Å². The van der Waals surface area contributed by atoms with Crippen molar-refractivity contribution in [2.45, 2.75) is 6.92 Å². The van der Waals surface area contributed by atoms with Gasteiger partial charge in [0.2, 0.25) is 5.91 Å². The molecule has 112 valence electrons. The van der Waals surface area contributed by atoms with E-state index in [2.05, 4.69) is 38.2 Å². The summed E-state index contributed by atoms with van der Waals surface area (Å²) in [7, 11) is 0. The molecular formula is C16H14IN3O2. The van der Waals surface area contributed by atoms with E-state index in [0.717, 1.165) is 9.13 Å². The number of anilines is 1. The average molecular weight is 407 g/mol. The summed E-state index contributed by atoms with van der Waals surface area (Å²) in [5.41, 5.74) is 1.55. The van der Waals surface area contributed by atoms with E-state index in [1.165, 1.54) is 6.92 Å². The van der Waals surface area contributed by atoms with Crippen LogP contribution in [0.15, 0.2) is 54.5 Å². The van der Waals surface area contributed by atoms with Gasteiger partial charge in [-0.15, -0.1) is 0 Å². The van der Waals surface area contributed by atoms with Crippen molar-refractivity contribution >= 4 is 46.2 Å². The number of pyridine rings is 1. The molecule has 6 heteroatoms. The number of nitrogens with zero attached hydrogens (tertiary/aromatic N) is 1. The van der Waals surface area contributed by atoms with Gasteiger partial charge in [-0.2, -0.15) is 0 Å². The molecule has 5 nitrogen and oxygen atoms in total. The molecule has 0 aliphatic heterocycles. The van der Waals surface area contributed by atoms with E-state index in [4.69, 9.17) is 0 Å². The summed E-state index contributed by atoms with van der Waals surface area (Å²) in [5, 5.41) is 5.29. The zero-order chi connectivity index (χ0) is 15.9. The minimum absolute atomic E-state index is 0.166. The molecule has 0 radical (unpaired) electrons. The Kier molecular flexibility index (Phi) is 5.65. The highest BCUT2D eigenvalue weighted by Gasteiger charge is 2.11. The van der Waals surface area contributed by atoms with Crippen molar-refractivity contribution in [1.29, 1.82) is 0 Å². The van der Waals surface area contributed by atoms with Crippen LogP contribution < -0.4 is 10.6 Å². The Labute approximate surface area is 142 Å². The van der Waals surface area contributed by atoms with Crippen LogP contribution in [0.1, 0.15) is 12.5 Å². The fourth-order valence-corrected chi connectivity index (χ4v) is 2.07. The number of nitrogens with one attached hydrogen (secondary N) is 2. The van der Waals surface area contributed by atoms with Crippen LogP contribution in [-0.4, -0.2) is 16.8 Å². The number of aromatic nitrogens is 1. The van der Waals surface area contributed by atoms with Crippen molar-refractivity contribution in [2.75, 3.05) is 5.32 Å². The van der Waals surface area contributed by atoms with Gasteiger partial charge in [0.15, 0.2) is 0 Å². The van der Waals surface area contributed by atoms with Gasteiger partial charge in [-0.1, -0.05) is 6.07 Å². The predicted molar refractivity (Wildman–Crippen MR) is 93.8 cm³/mol. The maximum atomic E-state index is 12.3. The van der Waals surface area contributed by atoms with Crippen LogP contribution in [0.4, 0.5) is 5.69 Å². The number of carbonyl (C=O) groups is 2. The van der Waals surface area contributed by atoms with Gasteiger partial charge < -0.3 is 10.6 Å². The number of halogens is 1. The minimum atomic E-state index is -0.389. The fourth-order valence-electron chi connectivity index (χ4n) is 1.71. The molecule has 0 unspecified atom stereocenters. The molecule has 0 atom stereocenters. The molecule has 0 saturated carbocycles. The van der Waals surface area contributed by atoms with Crippen molar-refractivity contribution in [2.24, 2.45) is 0 Å². The van der Waals surface area contributed by atoms with Crippen LogP contribution in [0, 0.1) is 3.57 Å². The maximum absolute atomic E-state index is 12.3. The molecule has 0 fully saturated rings. The smallest absolute Gasteiger partial charge is 0.272 e. The largest absolute Gasteiger partial charge is 0.322 e. The van der Waals surface area contributed by atoms with Gasteiger partial charge in [-0.25, -0.2) is 0 Å². The van der Waals surface area contributed by atoms with Crippen LogP contribution in [0.25, 0.3) is 6.08 Å². The zero-order valence-electron chi connectivity index (χ0n) is 11.8. The summed E-state index contributed by atoms with van der Waals surface area (Å²) in [4.78, 5) is 27.6. The predicted octanol–water partition coefficient (Wildman–Crippen LogP) is 2.80. The van der Waals surface area contributed by atoms with Crippen molar-refractivity contribution in [1.82, 2.24) is 10.3 Å². The van der Waals surface area contributed by atoms with E-state index in [0.29, 0.717) is 5.69 Å².